The Labute approximate surface area is 123 Å². The van der Waals surface area contributed by atoms with Crippen LogP contribution in [-0.4, -0.2) is 49.2 Å². The van der Waals surface area contributed by atoms with E-state index in [2.05, 4.69) is 15.5 Å². The summed E-state index contributed by atoms with van der Waals surface area (Å²) < 4.78 is 0. The zero-order valence-corrected chi connectivity index (χ0v) is 12.8. The summed E-state index contributed by atoms with van der Waals surface area (Å²) in [7, 11) is 0. The second-order valence-corrected chi connectivity index (χ2v) is 7.69. The topological polar surface area (TPSA) is 27.3 Å². The van der Waals surface area contributed by atoms with Gasteiger partial charge in [0, 0.05) is 24.7 Å². The third kappa shape index (κ3) is 2.90. The average Bonchev–Trinajstić information content (AvgIpc) is 2.91. The van der Waals surface area contributed by atoms with Gasteiger partial charge in [0.15, 0.2) is 0 Å². The Morgan fingerprint density at radius 2 is 1.95 bits per heavy atom. The molecular weight excluding hydrogens is 246 g/mol. The van der Waals surface area contributed by atoms with Crippen molar-refractivity contribution in [1.29, 1.82) is 0 Å². The van der Waals surface area contributed by atoms with Gasteiger partial charge in [0.25, 0.3) is 0 Å². The van der Waals surface area contributed by atoms with Gasteiger partial charge in [0.2, 0.25) is 0 Å². The van der Waals surface area contributed by atoms with Crippen molar-refractivity contribution in [2.24, 2.45) is 11.8 Å². The van der Waals surface area contributed by atoms with Crippen LogP contribution in [0.3, 0.4) is 0 Å². The quantitative estimate of drug-likeness (QED) is 0.805. The molecule has 4 fully saturated rings. The highest BCUT2D eigenvalue weighted by molar-refractivity contribution is 4.95. The van der Waals surface area contributed by atoms with Gasteiger partial charge < -0.3 is 15.5 Å². The fraction of sp³-hybridized carbons (Fsp3) is 1.00. The van der Waals surface area contributed by atoms with E-state index in [1.807, 2.05) is 0 Å². The van der Waals surface area contributed by atoms with Gasteiger partial charge in [0.1, 0.15) is 0 Å². The Hall–Kier alpha value is -0.120. The highest BCUT2D eigenvalue weighted by Gasteiger charge is 2.37. The lowest BCUT2D eigenvalue weighted by molar-refractivity contribution is 0.289. The van der Waals surface area contributed by atoms with E-state index in [-0.39, 0.29) is 0 Å². The molecule has 2 heterocycles. The monoisotopic (exact) mass is 277 g/mol. The van der Waals surface area contributed by atoms with Crippen molar-refractivity contribution in [2.45, 2.75) is 69.5 Å². The molecule has 2 N–H and O–H groups in total. The molecule has 3 nitrogen and oxygen atoms in total. The van der Waals surface area contributed by atoms with Crippen molar-refractivity contribution in [1.82, 2.24) is 15.5 Å². The van der Waals surface area contributed by atoms with Gasteiger partial charge in [-0.05, 0) is 76.4 Å². The molecule has 0 aromatic rings. The van der Waals surface area contributed by atoms with Crippen molar-refractivity contribution in [3.8, 4) is 0 Å². The fourth-order valence-electron chi connectivity index (χ4n) is 4.92. The molecule has 2 aliphatic carbocycles. The van der Waals surface area contributed by atoms with Gasteiger partial charge in [-0.3, -0.25) is 0 Å². The van der Waals surface area contributed by atoms with E-state index >= 15 is 0 Å². The zero-order chi connectivity index (χ0) is 13.4. The lowest BCUT2D eigenvalue weighted by Crippen LogP contribution is -2.43. The van der Waals surface area contributed by atoms with Crippen LogP contribution in [0.2, 0.25) is 0 Å². The van der Waals surface area contributed by atoms with Crippen LogP contribution in [0.4, 0.5) is 0 Å². The molecule has 114 valence electrons. The first kappa shape index (κ1) is 13.5. The molecule has 4 rings (SSSR count). The Morgan fingerprint density at radius 3 is 2.75 bits per heavy atom. The summed E-state index contributed by atoms with van der Waals surface area (Å²) in [4.78, 5) is 2.75. The number of hydrogen-bond acceptors (Lipinski definition) is 3. The summed E-state index contributed by atoms with van der Waals surface area (Å²) >= 11 is 0. The van der Waals surface area contributed by atoms with Crippen molar-refractivity contribution in [3.05, 3.63) is 0 Å². The van der Waals surface area contributed by atoms with E-state index in [9.17, 15) is 0 Å². The first-order chi connectivity index (χ1) is 9.90. The van der Waals surface area contributed by atoms with Gasteiger partial charge in [-0.2, -0.15) is 0 Å². The van der Waals surface area contributed by atoms with Crippen LogP contribution >= 0.6 is 0 Å². The molecule has 0 spiro atoms. The van der Waals surface area contributed by atoms with E-state index in [4.69, 9.17) is 0 Å². The molecule has 0 aromatic heterocycles. The van der Waals surface area contributed by atoms with Crippen molar-refractivity contribution in [2.75, 3.05) is 26.2 Å². The van der Waals surface area contributed by atoms with Gasteiger partial charge >= 0.3 is 0 Å². The van der Waals surface area contributed by atoms with Gasteiger partial charge in [-0.25, -0.2) is 0 Å². The maximum Gasteiger partial charge on any atom is 0.0111 e. The fourth-order valence-corrected chi connectivity index (χ4v) is 4.92. The molecular formula is C17H31N3. The second kappa shape index (κ2) is 5.94. The second-order valence-electron chi connectivity index (χ2n) is 7.69. The maximum atomic E-state index is 3.96. The van der Waals surface area contributed by atoms with E-state index < -0.39 is 0 Å². The molecule has 2 aliphatic heterocycles. The van der Waals surface area contributed by atoms with Crippen LogP contribution in [0, 0.1) is 11.8 Å². The first-order valence-electron chi connectivity index (χ1n) is 9.11. The summed E-state index contributed by atoms with van der Waals surface area (Å²) in [5.41, 5.74) is 0. The minimum Gasteiger partial charge on any atom is -0.314 e. The molecule has 3 heteroatoms. The molecule has 2 saturated heterocycles. The van der Waals surface area contributed by atoms with E-state index in [0.29, 0.717) is 0 Å². The highest BCUT2D eigenvalue weighted by atomic mass is 15.2. The normalized spacial score (nSPS) is 42.6. The van der Waals surface area contributed by atoms with Crippen LogP contribution in [0.15, 0.2) is 0 Å². The van der Waals surface area contributed by atoms with Crippen LogP contribution in [0.1, 0.15) is 51.4 Å². The maximum absolute atomic E-state index is 3.96. The molecule has 4 aliphatic rings. The Kier molecular flexibility index (Phi) is 4.02. The van der Waals surface area contributed by atoms with Crippen LogP contribution < -0.4 is 10.6 Å². The summed E-state index contributed by atoms with van der Waals surface area (Å²) in [6, 6.07) is 2.60. The standard InChI is InChI=1S/C17H31N3/c1-3-15(16-5-2-9-18-16)17(4-1)19-11-13-8-10-20(12-13)14-6-7-14/h13-19H,1-12H2. The molecule has 20 heavy (non-hydrogen) atoms. The number of likely N-dealkylation sites (tertiary alicyclic amines) is 1. The molecule has 0 amide bonds. The highest BCUT2D eigenvalue weighted by Crippen LogP contribution is 2.33. The van der Waals surface area contributed by atoms with Gasteiger partial charge in [-0.1, -0.05) is 6.42 Å². The molecule has 4 atom stereocenters. The molecule has 0 bridgehead atoms. The zero-order valence-electron chi connectivity index (χ0n) is 12.8. The number of hydrogen-bond donors (Lipinski definition) is 2. The molecule has 0 aromatic carbocycles. The molecule has 4 unspecified atom stereocenters. The lowest BCUT2D eigenvalue weighted by Gasteiger charge is -2.27. The van der Waals surface area contributed by atoms with E-state index in [1.165, 1.54) is 77.5 Å². The van der Waals surface area contributed by atoms with E-state index in [0.717, 1.165) is 30.0 Å². The van der Waals surface area contributed by atoms with Crippen molar-refractivity contribution in [3.63, 3.8) is 0 Å². The largest absolute Gasteiger partial charge is 0.314 e. The van der Waals surface area contributed by atoms with Gasteiger partial charge in [0.05, 0.1) is 0 Å². The molecule has 0 radical (unpaired) electrons. The van der Waals surface area contributed by atoms with E-state index in [1.54, 1.807) is 0 Å². The summed E-state index contributed by atoms with van der Waals surface area (Å²) in [6.45, 7) is 5.27. The van der Waals surface area contributed by atoms with Crippen molar-refractivity contribution < 1.29 is 0 Å². The predicted molar refractivity (Wildman–Crippen MR) is 82.9 cm³/mol. The predicted octanol–water partition coefficient (Wildman–Crippen LogP) is 1.98. The Morgan fingerprint density at radius 1 is 1.00 bits per heavy atom. The van der Waals surface area contributed by atoms with Crippen LogP contribution in [0.5, 0.6) is 0 Å². The number of nitrogens with one attached hydrogen (secondary N) is 2. The third-order valence-electron chi connectivity index (χ3n) is 6.23. The summed E-state index contributed by atoms with van der Waals surface area (Å²) in [5.74, 6) is 1.84. The average molecular weight is 277 g/mol. The third-order valence-corrected chi connectivity index (χ3v) is 6.23. The smallest absolute Gasteiger partial charge is 0.0111 e. The summed E-state index contributed by atoms with van der Waals surface area (Å²) in [6.07, 6.45) is 11.5. The molecule has 2 saturated carbocycles. The minimum absolute atomic E-state index is 0.806. The minimum atomic E-state index is 0.806. The summed E-state index contributed by atoms with van der Waals surface area (Å²) in [5, 5.41) is 7.70. The first-order valence-corrected chi connectivity index (χ1v) is 9.11. The van der Waals surface area contributed by atoms with Crippen molar-refractivity contribution >= 4 is 0 Å². The Balaban J connectivity index is 1.24. The van der Waals surface area contributed by atoms with Gasteiger partial charge in [-0.15, -0.1) is 0 Å². The SMILES string of the molecule is C1CNC(C2CCCC2NCC2CCN(C3CC3)C2)C1. The number of rotatable bonds is 5. The number of nitrogens with zero attached hydrogens (tertiary/aromatic N) is 1. The Bertz CT molecular complexity index is 322. The van der Waals surface area contributed by atoms with Crippen LogP contribution in [-0.2, 0) is 0 Å². The van der Waals surface area contributed by atoms with Crippen LogP contribution in [0.25, 0.3) is 0 Å². The lowest BCUT2D eigenvalue weighted by atomic mass is 9.92.